The van der Waals surface area contributed by atoms with Crippen molar-refractivity contribution in [3.05, 3.63) is 0 Å². The van der Waals surface area contributed by atoms with E-state index in [2.05, 4.69) is 5.32 Å². The van der Waals surface area contributed by atoms with Crippen molar-refractivity contribution in [3.8, 4) is 0 Å². The Hall–Kier alpha value is -1.17. The van der Waals surface area contributed by atoms with Gasteiger partial charge in [0.15, 0.2) is 0 Å². The van der Waals surface area contributed by atoms with Crippen LogP contribution in [0.25, 0.3) is 0 Å². The Morgan fingerprint density at radius 1 is 1.17 bits per heavy atom. The molecule has 2 aliphatic rings. The summed E-state index contributed by atoms with van der Waals surface area (Å²) in [4.78, 5) is 26.2. The number of alkyl halides is 1. The highest BCUT2D eigenvalue weighted by Crippen LogP contribution is 2.31. The van der Waals surface area contributed by atoms with E-state index in [1.807, 2.05) is 18.7 Å². The van der Waals surface area contributed by atoms with Crippen LogP contribution in [0.5, 0.6) is 0 Å². The van der Waals surface area contributed by atoms with Crippen LogP contribution in [0.3, 0.4) is 0 Å². The zero-order chi connectivity index (χ0) is 17.0. The fraction of sp³-hybridized carbons (Fsp3) is 0.882. The molecule has 0 bridgehead atoms. The zero-order valence-corrected chi connectivity index (χ0v) is 14.4. The van der Waals surface area contributed by atoms with Gasteiger partial charge in [0, 0.05) is 25.6 Å². The highest BCUT2D eigenvalue weighted by atomic mass is 19.1. The van der Waals surface area contributed by atoms with Crippen LogP contribution in [0.4, 0.5) is 4.39 Å². The minimum Gasteiger partial charge on any atom is -0.465 e. The van der Waals surface area contributed by atoms with Crippen molar-refractivity contribution in [2.24, 2.45) is 5.41 Å². The lowest BCUT2D eigenvalue weighted by Crippen LogP contribution is -2.54. The second-order valence-electron chi connectivity index (χ2n) is 7.43. The van der Waals surface area contributed by atoms with Crippen molar-refractivity contribution < 1.29 is 18.7 Å². The Morgan fingerprint density at radius 2 is 1.83 bits per heavy atom. The predicted octanol–water partition coefficient (Wildman–Crippen LogP) is 2.05. The number of hydrogen-bond acceptors (Lipinski definition) is 4. The maximum atomic E-state index is 13.5. The molecule has 132 valence electrons. The topological polar surface area (TPSA) is 58.6 Å². The van der Waals surface area contributed by atoms with Crippen LogP contribution in [0.2, 0.25) is 0 Å². The standard InChI is InChI=1S/C17H29FN2O3/c1-12(21)23-11-17(2,3)16(22)20(15-8-9-19-10-15)14-6-4-13(18)5-7-14/h13-15,19H,4-11H2,1-3H3/t13?,14?,15-/m0/s1. The lowest BCUT2D eigenvalue weighted by Gasteiger charge is -2.42. The lowest BCUT2D eigenvalue weighted by atomic mass is 9.87. The Morgan fingerprint density at radius 3 is 2.35 bits per heavy atom. The van der Waals surface area contributed by atoms with Crippen molar-refractivity contribution in [1.82, 2.24) is 10.2 Å². The molecule has 5 nitrogen and oxygen atoms in total. The summed E-state index contributed by atoms with van der Waals surface area (Å²) >= 11 is 0. The second-order valence-corrected chi connectivity index (χ2v) is 7.43. The number of carbonyl (C=O) groups is 2. The van der Waals surface area contributed by atoms with Crippen LogP contribution < -0.4 is 5.32 Å². The first kappa shape index (κ1) is 18.2. The minimum atomic E-state index is -0.763. The quantitative estimate of drug-likeness (QED) is 0.785. The molecular formula is C17H29FN2O3. The van der Waals surface area contributed by atoms with E-state index in [1.165, 1.54) is 6.92 Å². The smallest absolute Gasteiger partial charge is 0.302 e. The van der Waals surface area contributed by atoms with E-state index in [-0.39, 0.29) is 30.6 Å². The molecule has 1 heterocycles. The molecule has 1 amide bonds. The number of rotatable bonds is 5. The molecule has 0 radical (unpaired) electrons. The van der Waals surface area contributed by atoms with Gasteiger partial charge in [-0.15, -0.1) is 0 Å². The predicted molar refractivity (Wildman–Crippen MR) is 85.7 cm³/mol. The molecule has 0 unspecified atom stereocenters. The number of carbonyl (C=O) groups excluding carboxylic acids is 2. The maximum Gasteiger partial charge on any atom is 0.302 e. The molecule has 1 aliphatic carbocycles. The van der Waals surface area contributed by atoms with Gasteiger partial charge in [-0.3, -0.25) is 9.59 Å². The Bertz CT molecular complexity index is 428. The molecule has 23 heavy (non-hydrogen) atoms. The number of amides is 1. The summed E-state index contributed by atoms with van der Waals surface area (Å²) < 4.78 is 18.6. The average Bonchev–Trinajstić information content (AvgIpc) is 3.01. The third-order valence-corrected chi connectivity index (χ3v) is 4.90. The molecule has 1 N–H and O–H groups in total. The first-order chi connectivity index (χ1) is 10.8. The van der Waals surface area contributed by atoms with E-state index in [1.54, 1.807) is 0 Å². The molecule has 1 aliphatic heterocycles. The highest BCUT2D eigenvalue weighted by molar-refractivity contribution is 5.83. The molecule has 1 saturated carbocycles. The van der Waals surface area contributed by atoms with Crippen LogP contribution in [0.1, 0.15) is 52.9 Å². The third kappa shape index (κ3) is 4.66. The van der Waals surface area contributed by atoms with Gasteiger partial charge in [0.2, 0.25) is 5.91 Å². The number of ether oxygens (including phenoxy) is 1. The van der Waals surface area contributed by atoms with Crippen molar-refractivity contribution in [3.63, 3.8) is 0 Å². The molecule has 2 rings (SSSR count). The largest absolute Gasteiger partial charge is 0.465 e. The highest BCUT2D eigenvalue weighted by Gasteiger charge is 2.41. The molecule has 0 aromatic heterocycles. The summed E-state index contributed by atoms with van der Waals surface area (Å²) in [7, 11) is 0. The van der Waals surface area contributed by atoms with Crippen LogP contribution in [-0.4, -0.2) is 54.7 Å². The van der Waals surface area contributed by atoms with Crippen LogP contribution in [-0.2, 0) is 14.3 Å². The number of nitrogens with one attached hydrogen (secondary N) is 1. The number of hydrogen-bond donors (Lipinski definition) is 1. The maximum absolute atomic E-state index is 13.5. The normalized spacial score (nSPS) is 28.4. The summed E-state index contributed by atoms with van der Waals surface area (Å²) in [6, 6.07) is 0.247. The average molecular weight is 328 g/mol. The van der Waals surface area contributed by atoms with E-state index >= 15 is 0 Å². The summed E-state index contributed by atoms with van der Waals surface area (Å²) in [5, 5.41) is 3.30. The van der Waals surface area contributed by atoms with Gasteiger partial charge in [0.25, 0.3) is 0 Å². The summed E-state index contributed by atoms with van der Waals surface area (Å²) in [5.74, 6) is -0.368. The van der Waals surface area contributed by atoms with Crippen molar-refractivity contribution in [2.75, 3.05) is 19.7 Å². The van der Waals surface area contributed by atoms with Crippen LogP contribution >= 0.6 is 0 Å². The van der Waals surface area contributed by atoms with E-state index in [9.17, 15) is 14.0 Å². The first-order valence-corrected chi connectivity index (χ1v) is 8.62. The Balaban J connectivity index is 2.12. The van der Waals surface area contributed by atoms with E-state index in [0.29, 0.717) is 25.7 Å². The molecule has 0 aromatic rings. The van der Waals surface area contributed by atoms with Crippen molar-refractivity contribution >= 4 is 11.9 Å². The van der Waals surface area contributed by atoms with Gasteiger partial charge < -0.3 is 15.0 Å². The first-order valence-electron chi connectivity index (χ1n) is 8.62. The van der Waals surface area contributed by atoms with Gasteiger partial charge in [0.05, 0.1) is 5.41 Å². The Labute approximate surface area is 137 Å². The molecule has 0 spiro atoms. The molecule has 1 atom stereocenters. The molecule has 6 heteroatoms. The number of esters is 1. The van der Waals surface area contributed by atoms with Gasteiger partial charge in [0.1, 0.15) is 12.8 Å². The van der Waals surface area contributed by atoms with E-state index in [0.717, 1.165) is 19.5 Å². The molecule has 2 fully saturated rings. The van der Waals surface area contributed by atoms with Crippen LogP contribution in [0.15, 0.2) is 0 Å². The van der Waals surface area contributed by atoms with Gasteiger partial charge in [-0.25, -0.2) is 4.39 Å². The third-order valence-electron chi connectivity index (χ3n) is 4.90. The Kier molecular flexibility index (Phi) is 6.00. The molecule has 0 aromatic carbocycles. The summed E-state index contributed by atoms with van der Waals surface area (Å²) in [5.41, 5.74) is -0.763. The van der Waals surface area contributed by atoms with Gasteiger partial charge in [-0.2, -0.15) is 0 Å². The zero-order valence-electron chi connectivity index (χ0n) is 14.4. The summed E-state index contributed by atoms with van der Waals surface area (Å²) in [6.45, 7) is 6.74. The molecule has 1 saturated heterocycles. The van der Waals surface area contributed by atoms with Gasteiger partial charge >= 0.3 is 5.97 Å². The van der Waals surface area contributed by atoms with E-state index in [4.69, 9.17) is 4.74 Å². The minimum absolute atomic E-state index is 0.00904. The fourth-order valence-corrected chi connectivity index (χ4v) is 3.51. The second kappa shape index (κ2) is 7.60. The number of nitrogens with zero attached hydrogens (tertiary/aromatic N) is 1. The SMILES string of the molecule is CC(=O)OCC(C)(C)C(=O)N(C1CCC(F)CC1)[C@H]1CCNC1. The van der Waals surface area contributed by atoms with Gasteiger partial charge in [-0.1, -0.05) is 0 Å². The lowest BCUT2D eigenvalue weighted by molar-refractivity contribution is -0.155. The van der Waals surface area contributed by atoms with Crippen LogP contribution in [0, 0.1) is 5.41 Å². The van der Waals surface area contributed by atoms with Crippen molar-refractivity contribution in [2.45, 2.75) is 71.1 Å². The number of halogens is 1. The van der Waals surface area contributed by atoms with Crippen molar-refractivity contribution in [1.29, 1.82) is 0 Å². The fourth-order valence-electron chi connectivity index (χ4n) is 3.51. The summed E-state index contributed by atoms with van der Waals surface area (Å²) in [6.07, 6.45) is 2.67. The van der Waals surface area contributed by atoms with Gasteiger partial charge in [-0.05, 0) is 52.5 Å². The monoisotopic (exact) mass is 328 g/mol. The molecular weight excluding hydrogens is 299 g/mol. The van der Waals surface area contributed by atoms with E-state index < -0.39 is 11.6 Å².